The van der Waals surface area contributed by atoms with Gasteiger partial charge in [-0.1, -0.05) is 5.21 Å². The highest BCUT2D eigenvalue weighted by Crippen LogP contribution is 2.49. The Balaban J connectivity index is 1.73. The number of nitrogens with zero attached hydrogens (tertiary/aromatic N) is 4. The first-order valence-electron chi connectivity index (χ1n) is 9.46. The van der Waals surface area contributed by atoms with Crippen molar-refractivity contribution in [2.45, 2.75) is 77.3 Å². The van der Waals surface area contributed by atoms with Gasteiger partial charge in [-0.2, -0.15) is 0 Å². The largest absolute Gasteiger partial charge is 0.598 e. The molecule has 1 saturated heterocycles. The highest BCUT2D eigenvalue weighted by Gasteiger charge is 2.52. The number of hydrogen-bond donors (Lipinski definition) is 1. The molecular weight excluding hydrogens is 366 g/mol. The summed E-state index contributed by atoms with van der Waals surface area (Å²) in [4.78, 5) is 14.2. The van der Waals surface area contributed by atoms with E-state index in [1.807, 2.05) is 46.2 Å². The van der Waals surface area contributed by atoms with Gasteiger partial charge in [-0.05, 0) is 54.4 Å². The van der Waals surface area contributed by atoms with Crippen LogP contribution in [0.15, 0.2) is 6.20 Å². The van der Waals surface area contributed by atoms with Crippen molar-refractivity contribution >= 4 is 17.5 Å². The fourth-order valence-corrected chi connectivity index (χ4v) is 4.63. The van der Waals surface area contributed by atoms with E-state index >= 15 is 0 Å². The van der Waals surface area contributed by atoms with Gasteiger partial charge < -0.3 is 14.2 Å². The highest BCUT2D eigenvalue weighted by molar-refractivity contribution is 7.90. The third-order valence-corrected chi connectivity index (χ3v) is 6.77. The van der Waals surface area contributed by atoms with Crippen LogP contribution in [0.3, 0.4) is 0 Å². The lowest BCUT2D eigenvalue weighted by Crippen LogP contribution is -2.51. The molecule has 1 unspecified atom stereocenters. The molecule has 8 nitrogen and oxygen atoms in total. The number of amides is 1. The molecule has 9 heteroatoms. The summed E-state index contributed by atoms with van der Waals surface area (Å²) in [5.74, 6) is 0. The van der Waals surface area contributed by atoms with E-state index in [9.17, 15) is 9.35 Å². The number of likely N-dealkylation sites (tertiary alicyclic amines) is 1. The molecule has 0 saturated carbocycles. The van der Waals surface area contributed by atoms with E-state index in [2.05, 4.69) is 15.0 Å². The summed E-state index contributed by atoms with van der Waals surface area (Å²) < 4.78 is 23.2. The quantitative estimate of drug-likeness (QED) is 0.770. The zero-order valence-electron chi connectivity index (χ0n) is 17.1. The van der Waals surface area contributed by atoms with Crippen molar-refractivity contribution in [3.63, 3.8) is 0 Å². The number of rotatable bonds is 2. The lowest BCUT2D eigenvalue weighted by atomic mass is 9.74. The first-order chi connectivity index (χ1) is 12.4. The number of carbonyl (C=O) groups is 1. The van der Waals surface area contributed by atoms with Crippen LogP contribution in [0.2, 0.25) is 0 Å². The molecular formula is C18H31N5O3S. The maximum absolute atomic E-state index is 12.8. The Hall–Kier alpha value is -1.32. The minimum absolute atomic E-state index is 0.0895. The molecule has 1 amide bonds. The fraction of sp³-hybridized carbons (Fsp3) is 0.833. The summed E-state index contributed by atoms with van der Waals surface area (Å²) in [6.07, 6.45) is 3.09. The first kappa shape index (κ1) is 20.4. The molecule has 1 aromatic heterocycles. The lowest BCUT2D eigenvalue weighted by molar-refractivity contribution is 0.00553. The Morgan fingerprint density at radius 3 is 2.48 bits per heavy atom. The molecule has 0 aromatic carbocycles. The molecule has 1 aromatic rings. The second-order valence-electron chi connectivity index (χ2n) is 9.58. The van der Waals surface area contributed by atoms with E-state index in [1.165, 1.54) is 0 Å². The molecule has 0 bridgehead atoms. The maximum Gasteiger partial charge on any atom is 0.410 e. The van der Waals surface area contributed by atoms with Gasteiger partial charge in [-0.25, -0.2) is 9.48 Å². The van der Waals surface area contributed by atoms with Crippen LogP contribution in [0.5, 0.6) is 0 Å². The second kappa shape index (κ2) is 6.93. The Morgan fingerprint density at radius 2 is 1.93 bits per heavy atom. The zero-order chi connectivity index (χ0) is 20.0. The van der Waals surface area contributed by atoms with Crippen LogP contribution in [-0.2, 0) is 22.6 Å². The first-order valence-corrected chi connectivity index (χ1v) is 10.6. The van der Waals surface area contributed by atoms with Gasteiger partial charge in [0.15, 0.2) is 0 Å². The minimum atomic E-state index is -1.20. The van der Waals surface area contributed by atoms with E-state index in [0.29, 0.717) is 13.1 Å². The molecule has 1 N–H and O–H groups in total. The highest BCUT2D eigenvalue weighted by atomic mass is 32.2. The van der Waals surface area contributed by atoms with Gasteiger partial charge in [0.2, 0.25) is 0 Å². The third-order valence-electron chi connectivity index (χ3n) is 5.21. The van der Waals surface area contributed by atoms with Crippen molar-refractivity contribution in [1.29, 1.82) is 0 Å². The molecule has 0 aliphatic carbocycles. The van der Waals surface area contributed by atoms with Crippen molar-refractivity contribution in [2.75, 3.05) is 13.1 Å². The zero-order valence-corrected chi connectivity index (χ0v) is 17.9. The normalized spacial score (nSPS) is 23.4. The van der Waals surface area contributed by atoms with Crippen LogP contribution in [0, 0.1) is 5.41 Å². The fourth-order valence-electron chi connectivity index (χ4n) is 3.69. The van der Waals surface area contributed by atoms with Gasteiger partial charge in [0.1, 0.15) is 16.4 Å². The van der Waals surface area contributed by atoms with Crippen molar-refractivity contribution < 1.29 is 14.1 Å². The summed E-state index contributed by atoms with van der Waals surface area (Å²) >= 11 is -1.20. The summed E-state index contributed by atoms with van der Waals surface area (Å²) in [6.45, 7) is 13.5. The van der Waals surface area contributed by atoms with Gasteiger partial charge in [0.25, 0.3) is 0 Å². The van der Waals surface area contributed by atoms with Gasteiger partial charge >= 0.3 is 6.09 Å². The number of carbonyl (C=O) groups excluding carboxylic acids is 1. The summed E-state index contributed by atoms with van der Waals surface area (Å²) in [5.41, 5.74) is 0.352. The molecule has 3 rings (SSSR count). The monoisotopic (exact) mass is 397 g/mol. The average Bonchev–Trinajstić information content (AvgIpc) is 3.07. The van der Waals surface area contributed by atoms with Crippen molar-refractivity contribution in [3.8, 4) is 0 Å². The number of fused-ring (bicyclic) bond motifs is 1. The number of nitrogens with one attached hydrogen (secondary N) is 1. The Bertz CT molecular complexity index is 686. The molecule has 3 heterocycles. The van der Waals surface area contributed by atoms with Crippen LogP contribution >= 0.6 is 0 Å². The van der Waals surface area contributed by atoms with E-state index in [4.69, 9.17) is 4.74 Å². The standard InChI is InChI=1S/C18H31N5O3S/c1-16(2,3)26-15(24)22-9-7-18(8-10-22)12-23-13(11-19-21-23)14(18)20-27(25)17(4,5)6/h11,14,20H,7-10,12H2,1-6H3/t14-,27?/m1/s1. The predicted molar refractivity (Wildman–Crippen MR) is 103 cm³/mol. The SMILES string of the molecule is CC(C)(C)OC(=O)N1CCC2(CC1)Cn1nncc1[C@H]2N[S+]([O-])C(C)(C)C. The molecule has 152 valence electrons. The van der Waals surface area contributed by atoms with Crippen LogP contribution in [0.25, 0.3) is 0 Å². The van der Waals surface area contributed by atoms with Crippen molar-refractivity contribution in [3.05, 3.63) is 11.9 Å². The number of hydrogen-bond acceptors (Lipinski definition) is 6. The van der Waals surface area contributed by atoms with Gasteiger partial charge in [0.05, 0.1) is 18.4 Å². The van der Waals surface area contributed by atoms with E-state index in [1.54, 1.807) is 11.1 Å². The molecule has 2 aliphatic heterocycles. The Kier molecular flexibility index (Phi) is 5.24. The van der Waals surface area contributed by atoms with E-state index < -0.39 is 17.0 Å². The van der Waals surface area contributed by atoms with Crippen LogP contribution in [0.1, 0.15) is 66.1 Å². The third kappa shape index (κ3) is 4.25. The van der Waals surface area contributed by atoms with Gasteiger partial charge in [-0.15, -0.1) is 9.82 Å². The van der Waals surface area contributed by atoms with Crippen molar-refractivity contribution in [2.24, 2.45) is 5.41 Å². The number of aromatic nitrogens is 3. The Morgan fingerprint density at radius 1 is 1.30 bits per heavy atom. The van der Waals surface area contributed by atoms with Gasteiger partial charge in [0, 0.05) is 29.9 Å². The Labute approximate surface area is 164 Å². The molecule has 27 heavy (non-hydrogen) atoms. The molecule has 2 atom stereocenters. The summed E-state index contributed by atoms with van der Waals surface area (Å²) in [5, 5.41) is 8.21. The van der Waals surface area contributed by atoms with Gasteiger partial charge in [-0.3, -0.25) is 0 Å². The average molecular weight is 398 g/mol. The van der Waals surface area contributed by atoms with Crippen LogP contribution in [0.4, 0.5) is 4.79 Å². The molecule has 2 aliphatic rings. The summed E-state index contributed by atoms with van der Waals surface area (Å²) in [7, 11) is 0. The van der Waals surface area contributed by atoms with Crippen LogP contribution in [-0.4, -0.2) is 54.0 Å². The number of ether oxygens (including phenoxy) is 1. The molecule has 0 radical (unpaired) electrons. The smallest absolute Gasteiger partial charge is 0.410 e. The molecule has 1 spiro atoms. The second-order valence-corrected chi connectivity index (χ2v) is 11.6. The summed E-state index contributed by atoms with van der Waals surface area (Å²) in [6, 6.07) is -0.0895. The number of piperidine rings is 1. The molecule has 1 fully saturated rings. The maximum atomic E-state index is 12.8. The minimum Gasteiger partial charge on any atom is -0.598 e. The topological polar surface area (TPSA) is 95.3 Å². The van der Waals surface area contributed by atoms with E-state index in [-0.39, 0.29) is 22.3 Å². The van der Waals surface area contributed by atoms with E-state index in [0.717, 1.165) is 25.1 Å². The van der Waals surface area contributed by atoms with Crippen LogP contribution < -0.4 is 4.72 Å². The lowest BCUT2D eigenvalue weighted by Gasteiger charge is -2.42. The predicted octanol–water partition coefficient (Wildman–Crippen LogP) is 2.40. The van der Waals surface area contributed by atoms with Crippen molar-refractivity contribution in [1.82, 2.24) is 24.6 Å².